The Morgan fingerprint density at radius 3 is 2.77 bits per heavy atom. The normalized spacial score (nSPS) is 15.7. The number of nitrogens with zero attached hydrogens (tertiary/aromatic N) is 3. The van der Waals surface area contributed by atoms with Crippen molar-refractivity contribution in [2.75, 3.05) is 25.0 Å². The predicted molar refractivity (Wildman–Crippen MR) is 96.6 cm³/mol. The van der Waals surface area contributed by atoms with Crippen LogP contribution in [-0.4, -0.2) is 46.5 Å². The Labute approximate surface area is 152 Å². The van der Waals surface area contributed by atoms with Crippen LogP contribution in [0.25, 0.3) is 0 Å². The Balaban J connectivity index is 1.47. The molecule has 0 radical (unpaired) electrons. The molecule has 1 amide bonds. The number of nitrogens with one attached hydrogen (secondary N) is 1. The third-order valence-electron chi connectivity index (χ3n) is 4.36. The number of aryl methyl sites for hydroxylation is 2. The lowest BCUT2D eigenvalue weighted by Gasteiger charge is -2.31. The van der Waals surface area contributed by atoms with Crippen LogP contribution in [0, 0.1) is 19.7 Å². The second-order valence-electron chi connectivity index (χ2n) is 6.52. The number of aromatic nitrogens is 2. The highest BCUT2D eigenvalue weighted by atomic mass is 19.1. The molecule has 1 aromatic carbocycles. The van der Waals surface area contributed by atoms with Crippen LogP contribution in [0.2, 0.25) is 0 Å². The minimum Gasteiger partial charge on any atom is -0.473 e. The molecule has 0 atom stereocenters. The lowest BCUT2D eigenvalue weighted by atomic mass is 10.1. The average molecular weight is 358 g/mol. The zero-order valence-electron chi connectivity index (χ0n) is 15.0. The lowest BCUT2D eigenvalue weighted by Crippen LogP contribution is -2.42. The molecule has 6 nitrogen and oxygen atoms in total. The molecule has 1 aromatic heterocycles. The van der Waals surface area contributed by atoms with Gasteiger partial charge >= 0.3 is 0 Å². The highest BCUT2D eigenvalue weighted by Gasteiger charge is 2.23. The van der Waals surface area contributed by atoms with Gasteiger partial charge in [0.05, 0.1) is 23.6 Å². The fourth-order valence-electron chi connectivity index (χ4n) is 2.93. The first-order valence-electron chi connectivity index (χ1n) is 8.75. The second-order valence-corrected chi connectivity index (χ2v) is 6.52. The van der Waals surface area contributed by atoms with Crippen molar-refractivity contribution in [3.05, 3.63) is 47.7 Å². The maximum absolute atomic E-state index is 13.6. The van der Waals surface area contributed by atoms with Gasteiger partial charge in [-0.1, -0.05) is 12.1 Å². The van der Waals surface area contributed by atoms with Gasteiger partial charge in [-0.3, -0.25) is 14.7 Å². The number of piperidine rings is 1. The molecular formula is C19H23FN4O2. The van der Waals surface area contributed by atoms with Gasteiger partial charge in [-0.05, 0) is 38.8 Å². The zero-order valence-corrected chi connectivity index (χ0v) is 15.0. The summed E-state index contributed by atoms with van der Waals surface area (Å²) in [5, 5.41) is 2.62. The molecule has 0 unspecified atom stereocenters. The van der Waals surface area contributed by atoms with Crippen molar-refractivity contribution in [3.8, 4) is 5.88 Å². The number of likely N-dealkylation sites (tertiary alicyclic amines) is 1. The molecule has 0 spiro atoms. The summed E-state index contributed by atoms with van der Waals surface area (Å²) >= 11 is 0. The summed E-state index contributed by atoms with van der Waals surface area (Å²) < 4.78 is 19.6. The monoisotopic (exact) mass is 358 g/mol. The fraction of sp³-hybridized carbons (Fsp3) is 0.421. The third kappa shape index (κ3) is 4.76. The molecule has 0 aliphatic carbocycles. The van der Waals surface area contributed by atoms with E-state index >= 15 is 0 Å². The molecule has 2 aromatic rings. The number of amides is 1. The molecule has 2 heterocycles. The Kier molecular flexibility index (Phi) is 5.78. The molecule has 1 fully saturated rings. The molecule has 1 N–H and O–H groups in total. The molecule has 1 aliphatic heterocycles. The predicted octanol–water partition coefficient (Wildman–Crippen LogP) is 2.71. The van der Waals surface area contributed by atoms with E-state index in [1.54, 1.807) is 24.4 Å². The first-order chi connectivity index (χ1) is 12.5. The number of carbonyl (C=O) groups is 1. The van der Waals surface area contributed by atoms with Gasteiger partial charge in [0.15, 0.2) is 0 Å². The smallest absolute Gasteiger partial charge is 0.238 e. The summed E-state index contributed by atoms with van der Waals surface area (Å²) in [6.07, 6.45) is 3.40. The third-order valence-corrected chi connectivity index (χ3v) is 4.36. The highest BCUT2D eigenvalue weighted by molar-refractivity contribution is 5.92. The Morgan fingerprint density at radius 1 is 1.31 bits per heavy atom. The molecule has 0 bridgehead atoms. The van der Waals surface area contributed by atoms with Gasteiger partial charge < -0.3 is 10.1 Å². The SMILES string of the molecule is Cc1cnc(C)c(OC2CCN(CC(=O)Nc3ccccc3F)CC2)n1. The second kappa shape index (κ2) is 8.23. The number of hydrogen-bond acceptors (Lipinski definition) is 5. The largest absolute Gasteiger partial charge is 0.473 e. The van der Waals surface area contributed by atoms with Gasteiger partial charge in [-0.2, -0.15) is 0 Å². The topological polar surface area (TPSA) is 67.3 Å². The number of ether oxygens (including phenoxy) is 1. The zero-order chi connectivity index (χ0) is 18.5. The molecule has 138 valence electrons. The standard InChI is InChI=1S/C19H23FN4O2/c1-13-11-21-14(2)19(22-13)26-15-7-9-24(10-8-15)12-18(25)23-17-6-4-3-5-16(17)20/h3-6,11,15H,7-10,12H2,1-2H3,(H,23,25). The summed E-state index contributed by atoms with van der Waals surface area (Å²) in [7, 11) is 0. The van der Waals surface area contributed by atoms with Gasteiger partial charge in [-0.15, -0.1) is 0 Å². The van der Waals surface area contributed by atoms with Crippen LogP contribution in [0.5, 0.6) is 5.88 Å². The number of benzene rings is 1. The van der Waals surface area contributed by atoms with E-state index in [2.05, 4.69) is 15.3 Å². The van der Waals surface area contributed by atoms with Crippen molar-refractivity contribution in [1.82, 2.24) is 14.9 Å². The highest BCUT2D eigenvalue weighted by Crippen LogP contribution is 2.20. The van der Waals surface area contributed by atoms with E-state index in [0.29, 0.717) is 5.88 Å². The number of hydrogen-bond donors (Lipinski definition) is 1. The summed E-state index contributed by atoms with van der Waals surface area (Å²) in [5.74, 6) is -0.0572. The van der Waals surface area contributed by atoms with Crippen molar-refractivity contribution in [2.24, 2.45) is 0 Å². The van der Waals surface area contributed by atoms with Gasteiger partial charge in [0, 0.05) is 19.3 Å². The van der Waals surface area contributed by atoms with Crippen LogP contribution in [0.1, 0.15) is 24.2 Å². The van der Waals surface area contributed by atoms with Gasteiger partial charge in [0.1, 0.15) is 11.9 Å². The van der Waals surface area contributed by atoms with Crippen LogP contribution < -0.4 is 10.1 Å². The van der Waals surface area contributed by atoms with Crippen LogP contribution in [-0.2, 0) is 4.79 Å². The van der Waals surface area contributed by atoms with Crippen molar-refractivity contribution in [2.45, 2.75) is 32.8 Å². The number of rotatable bonds is 5. The van der Waals surface area contributed by atoms with E-state index in [9.17, 15) is 9.18 Å². The van der Waals surface area contributed by atoms with E-state index in [1.807, 2.05) is 18.7 Å². The van der Waals surface area contributed by atoms with Crippen molar-refractivity contribution in [1.29, 1.82) is 0 Å². The quantitative estimate of drug-likeness (QED) is 0.890. The maximum Gasteiger partial charge on any atom is 0.238 e. The summed E-state index contributed by atoms with van der Waals surface area (Å²) in [6, 6.07) is 6.17. The Bertz CT molecular complexity index is 776. The fourth-order valence-corrected chi connectivity index (χ4v) is 2.93. The molecule has 3 rings (SSSR count). The van der Waals surface area contributed by atoms with Crippen LogP contribution in [0.3, 0.4) is 0 Å². The summed E-state index contributed by atoms with van der Waals surface area (Å²) in [6.45, 7) is 5.49. The van der Waals surface area contributed by atoms with Crippen molar-refractivity contribution < 1.29 is 13.9 Å². The summed E-state index contributed by atoms with van der Waals surface area (Å²) in [4.78, 5) is 22.8. The Hall–Kier alpha value is -2.54. The Morgan fingerprint density at radius 2 is 2.04 bits per heavy atom. The average Bonchev–Trinajstić information content (AvgIpc) is 2.62. The lowest BCUT2D eigenvalue weighted by molar-refractivity contribution is -0.117. The van der Waals surface area contributed by atoms with Crippen LogP contribution in [0.4, 0.5) is 10.1 Å². The first kappa shape index (κ1) is 18.3. The number of anilines is 1. The minimum absolute atomic E-state index is 0.0654. The number of carbonyl (C=O) groups excluding carboxylic acids is 1. The molecule has 1 saturated heterocycles. The van der Waals surface area contributed by atoms with Gasteiger partial charge in [-0.25, -0.2) is 9.37 Å². The number of halogens is 1. The van der Waals surface area contributed by atoms with Gasteiger partial charge in [0.25, 0.3) is 0 Å². The summed E-state index contributed by atoms with van der Waals surface area (Å²) in [5.41, 5.74) is 1.82. The van der Waals surface area contributed by atoms with E-state index in [1.165, 1.54) is 6.07 Å². The van der Waals surface area contributed by atoms with Crippen molar-refractivity contribution >= 4 is 11.6 Å². The minimum atomic E-state index is -0.428. The first-order valence-corrected chi connectivity index (χ1v) is 8.75. The van der Waals surface area contributed by atoms with E-state index in [-0.39, 0.29) is 24.2 Å². The molecule has 7 heteroatoms. The van der Waals surface area contributed by atoms with E-state index < -0.39 is 5.82 Å². The molecule has 0 saturated carbocycles. The molecule has 1 aliphatic rings. The van der Waals surface area contributed by atoms with Gasteiger partial charge in [0.2, 0.25) is 11.8 Å². The van der Waals surface area contributed by atoms with E-state index in [4.69, 9.17) is 4.74 Å². The molecule has 26 heavy (non-hydrogen) atoms. The van der Waals surface area contributed by atoms with Crippen LogP contribution >= 0.6 is 0 Å². The number of para-hydroxylation sites is 1. The maximum atomic E-state index is 13.6. The molecular weight excluding hydrogens is 335 g/mol. The van der Waals surface area contributed by atoms with Crippen LogP contribution in [0.15, 0.2) is 30.5 Å². The van der Waals surface area contributed by atoms with E-state index in [0.717, 1.165) is 37.3 Å². The van der Waals surface area contributed by atoms with Crippen molar-refractivity contribution in [3.63, 3.8) is 0 Å².